The van der Waals surface area contributed by atoms with Crippen LogP contribution < -0.4 is 10.1 Å². The SMILES string of the molecule is CSc1ccccc1NC(=O)[C@@H](C)Oc1cccc(C)c1. The summed E-state index contributed by atoms with van der Waals surface area (Å²) in [7, 11) is 0. The van der Waals surface area contributed by atoms with Crippen molar-refractivity contribution in [2.45, 2.75) is 24.8 Å². The van der Waals surface area contributed by atoms with E-state index in [2.05, 4.69) is 5.32 Å². The maximum absolute atomic E-state index is 12.2. The molecule has 0 radical (unpaired) electrons. The molecule has 2 aromatic rings. The fraction of sp³-hybridized carbons (Fsp3) is 0.235. The number of benzene rings is 2. The molecule has 0 bridgehead atoms. The molecule has 0 fully saturated rings. The number of ether oxygens (including phenoxy) is 1. The summed E-state index contributed by atoms with van der Waals surface area (Å²) in [5, 5.41) is 2.91. The number of hydrogen-bond donors (Lipinski definition) is 1. The number of anilines is 1. The molecule has 21 heavy (non-hydrogen) atoms. The first kappa shape index (κ1) is 15.4. The van der Waals surface area contributed by atoms with Gasteiger partial charge in [0, 0.05) is 4.90 Å². The fourth-order valence-corrected chi connectivity index (χ4v) is 2.48. The van der Waals surface area contributed by atoms with Crippen molar-refractivity contribution in [3.63, 3.8) is 0 Å². The minimum Gasteiger partial charge on any atom is -0.481 e. The van der Waals surface area contributed by atoms with Crippen LogP contribution in [-0.2, 0) is 4.79 Å². The lowest BCUT2D eigenvalue weighted by Gasteiger charge is -2.16. The van der Waals surface area contributed by atoms with Crippen molar-refractivity contribution >= 4 is 23.4 Å². The summed E-state index contributed by atoms with van der Waals surface area (Å²) in [5.74, 6) is 0.550. The molecule has 0 spiro atoms. The Kier molecular flexibility index (Phi) is 5.28. The fourth-order valence-electron chi connectivity index (χ4n) is 1.93. The Morgan fingerprint density at radius 1 is 1.19 bits per heavy atom. The summed E-state index contributed by atoms with van der Waals surface area (Å²) in [6, 6.07) is 15.4. The van der Waals surface area contributed by atoms with E-state index in [1.807, 2.05) is 61.7 Å². The van der Waals surface area contributed by atoms with Crippen molar-refractivity contribution in [1.29, 1.82) is 0 Å². The lowest BCUT2D eigenvalue weighted by molar-refractivity contribution is -0.122. The molecule has 0 aliphatic rings. The molecule has 0 unspecified atom stereocenters. The summed E-state index contributed by atoms with van der Waals surface area (Å²) in [6.45, 7) is 3.74. The van der Waals surface area contributed by atoms with Crippen molar-refractivity contribution < 1.29 is 9.53 Å². The third-order valence-corrected chi connectivity index (χ3v) is 3.83. The average Bonchev–Trinajstić information content (AvgIpc) is 2.47. The average molecular weight is 301 g/mol. The molecule has 3 nitrogen and oxygen atoms in total. The summed E-state index contributed by atoms with van der Waals surface area (Å²) in [4.78, 5) is 13.3. The molecular formula is C17H19NO2S. The summed E-state index contributed by atoms with van der Waals surface area (Å²) >= 11 is 1.60. The molecule has 0 saturated heterocycles. The van der Waals surface area contributed by atoms with Gasteiger partial charge in [-0.05, 0) is 49.9 Å². The number of nitrogens with one attached hydrogen (secondary N) is 1. The van der Waals surface area contributed by atoms with Crippen molar-refractivity contribution in [3.8, 4) is 5.75 Å². The molecule has 0 saturated carbocycles. The molecule has 1 amide bonds. The minimum atomic E-state index is -0.554. The Balaban J connectivity index is 2.02. The smallest absolute Gasteiger partial charge is 0.265 e. The Hall–Kier alpha value is -1.94. The van der Waals surface area contributed by atoms with Crippen LogP contribution in [0.1, 0.15) is 12.5 Å². The predicted octanol–water partition coefficient (Wildman–Crippen LogP) is 4.12. The second kappa shape index (κ2) is 7.18. The van der Waals surface area contributed by atoms with Crippen molar-refractivity contribution in [1.82, 2.24) is 0 Å². The van der Waals surface area contributed by atoms with Gasteiger partial charge in [0.2, 0.25) is 0 Å². The maximum Gasteiger partial charge on any atom is 0.265 e. The topological polar surface area (TPSA) is 38.3 Å². The highest BCUT2D eigenvalue weighted by Gasteiger charge is 2.16. The highest BCUT2D eigenvalue weighted by Crippen LogP contribution is 2.25. The summed E-state index contributed by atoms with van der Waals surface area (Å²) in [6.07, 6.45) is 1.43. The van der Waals surface area contributed by atoms with Gasteiger partial charge in [0.25, 0.3) is 5.91 Å². The van der Waals surface area contributed by atoms with Gasteiger partial charge in [0.1, 0.15) is 5.75 Å². The van der Waals surface area contributed by atoms with Crippen LogP contribution in [0.2, 0.25) is 0 Å². The Labute approximate surface area is 129 Å². The molecule has 0 aliphatic carbocycles. The first-order valence-electron chi connectivity index (χ1n) is 6.77. The van der Waals surface area contributed by atoms with Gasteiger partial charge in [-0.1, -0.05) is 24.3 Å². The lowest BCUT2D eigenvalue weighted by atomic mass is 10.2. The maximum atomic E-state index is 12.2. The van der Waals surface area contributed by atoms with E-state index < -0.39 is 6.10 Å². The number of para-hydroxylation sites is 1. The van der Waals surface area contributed by atoms with Crippen LogP contribution >= 0.6 is 11.8 Å². The number of rotatable bonds is 5. The van der Waals surface area contributed by atoms with E-state index in [1.165, 1.54) is 0 Å². The first-order valence-corrected chi connectivity index (χ1v) is 8.00. The van der Waals surface area contributed by atoms with Gasteiger partial charge in [0.15, 0.2) is 6.10 Å². The molecule has 0 aliphatic heterocycles. The van der Waals surface area contributed by atoms with Crippen LogP contribution in [0.15, 0.2) is 53.4 Å². The highest BCUT2D eigenvalue weighted by molar-refractivity contribution is 7.98. The summed E-state index contributed by atoms with van der Waals surface area (Å²) in [5.41, 5.74) is 1.92. The first-order chi connectivity index (χ1) is 10.1. The molecule has 2 rings (SSSR count). The van der Waals surface area contributed by atoms with Crippen LogP contribution in [-0.4, -0.2) is 18.3 Å². The Bertz CT molecular complexity index is 628. The number of thioether (sulfide) groups is 1. The normalized spacial score (nSPS) is 11.8. The largest absolute Gasteiger partial charge is 0.481 e. The van der Waals surface area contributed by atoms with E-state index in [9.17, 15) is 4.79 Å². The Morgan fingerprint density at radius 2 is 1.95 bits per heavy atom. The molecule has 0 aromatic heterocycles. The van der Waals surface area contributed by atoms with Gasteiger partial charge in [-0.3, -0.25) is 4.79 Å². The standard InChI is InChI=1S/C17H19NO2S/c1-12-7-6-8-14(11-12)20-13(2)17(19)18-15-9-4-5-10-16(15)21-3/h4-11,13H,1-3H3,(H,18,19)/t13-/m1/s1. The van der Waals surface area contributed by atoms with Crippen LogP contribution in [0.3, 0.4) is 0 Å². The number of amides is 1. The van der Waals surface area contributed by atoms with Crippen LogP contribution in [0.25, 0.3) is 0 Å². The zero-order valence-electron chi connectivity index (χ0n) is 12.4. The van der Waals surface area contributed by atoms with E-state index in [1.54, 1.807) is 18.7 Å². The highest BCUT2D eigenvalue weighted by atomic mass is 32.2. The second-order valence-corrected chi connectivity index (χ2v) is 5.61. The number of carbonyl (C=O) groups excluding carboxylic acids is 1. The van der Waals surface area contributed by atoms with E-state index in [0.717, 1.165) is 16.1 Å². The third-order valence-electron chi connectivity index (χ3n) is 3.04. The van der Waals surface area contributed by atoms with Crippen LogP contribution in [0.5, 0.6) is 5.75 Å². The molecule has 2 aromatic carbocycles. The third kappa shape index (κ3) is 4.26. The van der Waals surface area contributed by atoms with Gasteiger partial charge >= 0.3 is 0 Å². The van der Waals surface area contributed by atoms with Gasteiger partial charge in [-0.2, -0.15) is 0 Å². The lowest BCUT2D eigenvalue weighted by Crippen LogP contribution is -2.30. The van der Waals surface area contributed by atoms with Gasteiger partial charge in [0.05, 0.1) is 5.69 Å². The number of carbonyl (C=O) groups is 1. The van der Waals surface area contributed by atoms with Crippen molar-refractivity contribution in [3.05, 3.63) is 54.1 Å². The van der Waals surface area contributed by atoms with Gasteiger partial charge in [-0.25, -0.2) is 0 Å². The van der Waals surface area contributed by atoms with E-state index >= 15 is 0 Å². The zero-order chi connectivity index (χ0) is 15.2. The molecular weight excluding hydrogens is 282 g/mol. The Morgan fingerprint density at radius 3 is 2.67 bits per heavy atom. The van der Waals surface area contributed by atoms with Crippen molar-refractivity contribution in [2.75, 3.05) is 11.6 Å². The molecule has 0 heterocycles. The number of aryl methyl sites for hydroxylation is 1. The van der Waals surface area contributed by atoms with Crippen LogP contribution in [0, 0.1) is 6.92 Å². The molecule has 1 atom stereocenters. The molecule has 110 valence electrons. The van der Waals surface area contributed by atoms with E-state index in [-0.39, 0.29) is 5.91 Å². The molecule has 1 N–H and O–H groups in total. The zero-order valence-corrected chi connectivity index (χ0v) is 13.2. The van der Waals surface area contributed by atoms with Crippen LogP contribution in [0.4, 0.5) is 5.69 Å². The predicted molar refractivity (Wildman–Crippen MR) is 88.1 cm³/mol. The second-order valence-electron chi connectivity index (χ2n) is 4.77. The monoisotopic (exact) mass is 301 g/mol. The van der Waals surface area contributed by atoms with E-state index in [4.69, 9.17) is 4.74 Å². The van der Waals surface area contributed by atoms with Gasteiger partial charge < -0.3 is 10.1 Å². The molecule has 4 heteroatoms. The minimum absolute atomic E-state index is 0.155. The van der Waals surface area contributed by atoms with E-state index in [0.29, 0.717) is 5.75 Å². The quantitative estimate of drug-likeness (QED) is 0.844. The van der Waals surface area contributed by atoms with Gasteiger partial charge in [-0.15, -0.1) is 11.8 Å². The number of hydrogen-bond acceptors (Lipinski definition) is 3. The van der Waals surface area contributed by atoms with Crippen molar-refractivity contribution in [2.24, 2.45) is 0 Å². The summed E-state index contributed by atoms with van der Waals surface area (Å²) < 4.78 is 5.68.